The lowest BCUT2D eigenvalue weighted by Gasteiger charge is -2.35. The number of amides is 2. The molecule has 1 fully saturated rings. The number of hydrogen-bond acceptors (Lipinski definition) is 3. The summed E-state index contributed by atoms with van der Waals surface area (Å²) in [6, 6.07) is 5.07. The number of benzene rings is 1. The molecule has 1 aliphatic heterocycles. The third-order valence-corrected chi connectivity index (χ3v) is 3.85. The van der Waals surface area contributed by atoms with E-state index in [0.717, 1.165) is 5.75 Å². The van der Waals surface area contributed by atoms with Crippen LogP contribution in [-0.2, 0) is 9.59 Å². The second kappa shape index (κ2) is 6.74. The van der Waals surface area contributed by atoms with Gasteiger partial charge in [0.1, 0.15) is 11.9 Å². The fourth-order valence-electron chi connectivity index (χ4n) is 2.24. The average molecular weight is 296 g/mol. The van der Waals surface area contributed by atoms with Crippen molar-refractivity contribution in [1.29, 1.82) is 0 Å². The van der Waals surface area contributed by atoms with Gasteiger partial charge in [-0.25, -0.2) is 4.39 Å². The Morgan fingerprint density at radius 1 is 1.45 bits per heavy atom. The van der Waals surface area contributed by atoms with Crippen LogP contribution in [0, 0.1) is 5.82 Å². The van der Waals surface area contributed by atoms with Gasteiger partial charge < -0.3 is 10.2 Å². The van der Waals surface area contributed by atoms with Crippen molar-refractivity contribution >= 4 is 23.6 Å². The molecule has 0 aliphatic carbocycles. The second-order valence-electron chi connectivity index (χ2n) is 4.58. The topological polar surface area (TPSA) is 49.4 Å². The van der Waals surface area contributed by atoms with E-state index < -0.39 is 6.04 Å². The Hall–Kier alpha value is -1.56. The molecule has 1 heterocycles. The fraction of sp³-hybridized carbons (Fsp3) is 0.429. The maximum absolute atomic E-state index is 13.0. The molecule has 0 bridgehead atoms. The van der Waals surface area contributed by atoms with E-state index in [1.807, 2.05) is 6.26 Å². The number of nitrogens with one attached hydrogen (secondary N) is 1. The molecule has 6 heteroatoms. The number of rotatable bonds is 4. The van der Waals surface area contributed by atoms with Crippen molar-refractivity contribution in [3.05, 3.63) is 35.6 Å². The number of halogens is 1. The van der Waals surface area contributed by atoms with Crippen LogP contribution >= 0.6 is 11.8 Å². The number of carbonyl (C=O) groups excluding carboxylic acids is 2. The summed E-state index contributed by atoms with van der Waals surface area (Å²) in [5, 5.41) is 2.75. The maximum Gasteiger partial charge on any atom is 0.247 e. The van der Waals surface area contributed by atoms with Crippen LogP contribution in [0.3, 0.4) is 0 Å². The van der Waals surface area contributed by atoms with E-state index in [9.17, 15) is 14.0 Å². The van der Waals surface area contributed by atoms with E-state index in [1.54, 1.807) is 28.8 Å². The SMILES string of the molecule is CSCCC(=O)N1CCNC(=O)[C@@H]1c1ccc(F)cc1. The Bertz CT molecular complexity index is 492. The van der Waals surface area contributed by atoms with E-state index >= 15 is 0 Å². The second-order valence-corrected chi connectivity index (χ2v) is 5.56. The highest BCUT2D eigenvalue weighted by atomic mass is 32.2. The summed E-state index contributed by atoms with van der Waals surface area (Å²) in [5.74, 6) is 0.127. The first-order valence-corrected chi connectivity index (χ1v) is 7.84. The van der Waals surface area contributed by atoms with Gasteiger partial charge in [-0.15, -0.1) is 0 Å². The van der Waals surface area contributed by atoms with Crippen molar-refractivity contribution in [2.24, 2.45) is 0 Å². The largest absolute Gasteiger partial charge is 0.352 e. The molecule has 0 radical (unpaired) electrons. The van der Waals surface area contributed by atoms with Crippen LogP contribution in [0.15, 0.2) is 24.3 Å². The Labute approximate surface area is 121 Å². The fourth-order valence-corrected chi connectivity index (χ4v) is 2.62. The van der Waals surface area contributed by atoms with Crippen molar-refractivity contribution < 1.29 is 14.0 Å². The predicted octanol–water partition coefficient (Wildman–Crippen LogP) is 1.58. The molecule has 1 atom stereocenters. The molecule has 4 nitrogen and oxygen atoms in total. The van der Waals surface area contributed by atoms with Gasteiger partial charge in [0.2, 0.25) is 11.8 Å². The lowest BCUT2D eigenvalue weighted by Crippen LogP contribution is -2.52. The van der Waals surface area contributed by atoms with Crippen LogP contribution in [0.1, 0.15) is 18.0 Å². The highest BCUT2D eigenvalue weighted by molar-refractivity contribution is 7.98. The summed E-state index contributed by atoms with van der Waals surface area (Å²) in [4.78, 5) is 25.9. The van der Waals surface area contributed by atoms with Gasteiger partial charge in [0, 0.05) is 25.3 Å². The third-order valence-electron chi connectivity index (χ3n) is 3.24. The molecule has 0 spiro atoms. The summed E-state index contributed by atoms with van der Waals surface area (Å²) in [7, 11) is 0. The molecule has 0 aromatic heterocycles. The van der Waals surface area contributed by atoms with Crippen molar-refractivity contribution in [2.45, 2.75) is 12.5 Å². The monoisotopic (exact) mass is 296 g/mol. The number of hydrogen-bond donors (Lipinski definition) is 1. The van der Waals surface area contributed by atoms with Crippen LogP contribution in [0.5, 0.6) is 0 Å². The summed E-state index contributed by atoms with van der Waals surface area (Å²) in [6.07, 6.45) is 2.35. The maximum atomic E-state index is 13.0. The van der Waals surface area contributed by atoms with Crippen molar-refractivity contribution in [3.8, 4) is 0 Å². The molecule has 2 amide bonds. The Kier molecular flexibility index (Phi) is 5.00. The summed E-state index contributed by atoms with van der Waals surface area (Å²) in [5.41, 5.74) is 0.640. The molecule has 2 rings (SSSR count). The molecular formula is C14H17FN2O2S. The normalized spacial score (nSPS) is 18.8. The van der Waals surface area contributed by atoms with Crippen LogP contribution < -0.4 is 5.32 Å². The molecule has 108 valence electrons. The van der Waals surface area contributed by atoms with Crippen molar-refractivity contribution in [1.82, 2.24) is 10.2 Å². The molecule has 1 aromatic carbocycles. The Morgan fingerprint density at radius 3 is 2.80 bits per heavy atom. The lowest BCUT2D eigenvalue weighted by atomic mass is 10.0. The number of piperazine rings is 1. The zero-order chi connectivity index (χ0) is 14.5. The third kappa shape index (κ3) is 3.30. The van der Waals surface area contributed by atoms with Gasteiger partial charge >= 0.3 is 0 Å². The first-order valence-electron chi connectivity index (χ1n) is 6.45. The molecule has 20 heavy (non-hydrogen) atoms. The molecular weight excluding hydrogens is 279 g/mol. The van der Waals surface area contributed by atoms with Gasteiger partial charge in [-0.2, -0.15) is 11.8 Å². The van der Waals surface area contributed by atoms with Crippen LogP contribution in [0.25, 0.3) is 0 Å². The number of thioether (sulfide) groups is 1. The molecule has 0 unspecified atom stereocenters. The van der Waals surface area contributed by atoms with E-state index in [2.05, 4.69) is 5.32 Å². The zero-order valence-corrected chi connectivity index (χ0v) is 12.1. The Morgan fingerprint density at radius 2 is 2.15 bits per heavy atom. The molecule has 1 aliphatic rings. The Balaban J connectivity index is 2.22. The van der Waals surface area contributed by atoms with Gasteiger partial charge in [-0.05, 0) is 24.0 Å². The minimum Gasteiger partial charge on any atom is -0.352 e. The zero-order valence-electron chi connectivity index (χ0n) is 11.3. The minimum atomic E-state index is -0.654. The van der Waals surface area contributed by atoms with Crippen LogP contribution in [0.4, 0.5) is 4.39 Å². The van der Waals surface area contributed by atoms with Gasteiger partial charge in [-0.3, -0.25) is 9.59 Å². The van der Waals surface area contributed by atoms with Gasteiger partial charge in [0.15, 0.2) is 0 Å². The first-order chi connectivity index (χ1) is 9.63. The highest BCUT2D eigenvalue weighted by Gasteiger charge is 2.33. The minimum absolute atomic E-state index is 0.0384. The molecule has 1 saturated heterocycles. The van der Waals surface area contributed by atoms with Crippen molar-refractivity contribution in [2.75, 3.05) is 25.1 Å². The molecule has 1 N–H and O–H groups in total. The summed E-state index contributed by atoms with van der Waals surface area (Å²) >= 11 is 1.60. The average Bonchev–Trinajstić information content (AvgIpc) is 2.45. The lowest BCUT2D eigenvalue weighted by molar-refractivity contribution is -0.143. The van der Waals surface area contributed by atoms with E-state index in [0.29, 0.717) is 25.1 Å². The summed E-state index contributed by atoms with van der Waals surface area (Å²) in [6.45, 7) is 0.947. The standard InChI is InChI=1S/C14H17FN2O2S/c1-20-9-6-12(18)17-8-7-16-14(19)13(17)10-2-4-11(15)5-3-10/h2-5,13H,6-9H2,1H3,(H,16,19)/t13-/m0/s1. The van der Waals surface area contributed by atoms with Crippen LogP contribution in [0.2, 0.25) is 0 Å². The first kappa shape index (κ1) is 14.8. The van der Waals surface area contributed by atoms with E-state index in [-0.39, 0.29) is 17.6 Å². The van der Waals surface area contributed by atoms with Gasteiger partial charge in [0.25, 0.3) is 0 Å². The van der Waals surface area contributed by atoms with Gasteiger partial charge in [0.05, 0.1) is 0 Å². The van der Waals surface area contributed by atoms with Crippen LogP contribution in [-0.4, -0.2) is 41.8 Å². The highest BCUT2D eigenvalue weighted by Crippen LogP contribution is 2.24. The molecule has 0 saturated carbocycles. The smallest absolute Gasteiger partial charge is 0.247 e. The number of nitrogens with zero attached hydrogens (tertiary/aromatic N) is 1. The predicted molar refractivity (Wildman–Crippen MR) is 76.9 cm³/mol. The van der Waals surface area contributed by atoms with E-state index in [1.165, 1.54) is 12.1 Å². The molecule has 1 aromatic rings. The number of carbonyl (C=O) groups is 2. The summed E-state index contributed by atoms with van der Waals surface area (Å²) < 4.78 is 13.0. The van der Waals surface area contributed by atoms with E-state index in [4.69, 9.17) is 0 Å². The van der Waals surface area contributed by atoms with Crippen molar-refractivity contribution in [3.63, 3.8) is 0 Å². The van der Waals surface area contributed by atoms with Gasteiger partial charge in [-0.1, -0.05) is 12.1 Å². The quantitative estimate of drug-likeness (QED) is 0.918.